The van der Waals surface area contributed by atoms with Gasteiger partial charge >= 0.3 is 6.09 Å². The van der Waals surface area contributed by atoms with Gasteiger partial charge in [-0.15, -0.1) is 0 Å². The van der Waals surface area contributed by atoms with E-state index in [0.29, 0.717) is 60.8 Å². The maximum Gasteiger partial charge on any atom is 0.404 e. The van der Waals surface area contributed by atoms with E-state index in [2.05, 4.69) is 15.2 Å². The summed E-state index contributed by atoms with van der Waals surface area (Å²) in [7, 11) is 0. The molecule has 0 atom stereocenters. The molecule has 1 aliphatic heterocycles. The predicted octanol–water partition coefficient (Wildman–Crippen LogP) is 4.38. The van der Waals surface area contributed by atoms with Crippen LogP contribution in [-0.2, 0) is 4.74 Å². The van der Waals surface area contributed by atoms with Gasteiger partial charge in [0.05, 0.1) is 24.2 Å². The summed E-state index contributed by atoms with van der Waals surface area (Å²) in [6, 6.07) is 9.03. The number of nitrogens with zero attached hydrogens (tertiary/aromatic N) is 6. The summed E-state index contributed by atoms with van der Waals surface area (Å²) in [6.45, 7) is 3.15. The number of fused-ring (bicyclic) bond motifs is 1. The molecule has 1 saturated heterocycles. The molecule has 3 fully saturated rings. The van der Waals surface area contributed by atoms with Crippen molar-refractivity contribution in [3.05, 3.63) is 36.2 Å². The fraction of sp³-hybridized carbons (Fsp3) is 0.556. The lowest BCUT2D eigenvalue weighted by molar-refractivity contribution is 0.122. The van der Waals surface area contributed by atoms with E-state index in [1.54, 1.807) is 18.2 Å². The molecule has 3 aliphatic rings. The average Bonchev–Trinajstić information content (AvgIpc) is 3.68. The molecule has 2 aliphatic carbocycles. The molecule has 3 aromatic rings. The van der Waals surface area contributed by atoms with Crippen LogP contribution in [0.5, 0.6) is 0 Å². The Balaban J connectivity index is 1.42. The van der Waals surface area contributed by atoms with Crippen molar-refractivity contribution in [2.24, 2.45) is 5.92 Å². The van der Waals surface area contributed by atoms with Gasteiger partial charge in [-0.05, 0) is 56.6 Å². The molecule has 2 N–H and O–H groups in total. The Hall–Kier alpha value is -3.54. The van der Waals surface area contributed by atoms with Gasteiger partial charge in [-0.2, -0.15) is 9.97 Å². The van der Waals surface area contributed by atoms with Crippen LogP contribution in [0.3, 0.4) is 0 Å². The summed E-state index contributed by atoms with van der Waals surface area (Å²) in [6.07, 6.45) is 1.67. The van der Waals surface area contributed by atoms with Gasteiger partial charge in [0.1, 0.15) is 11.6 Å². The van der Waals surface area contributed by atoms with Gasteiger partial charge in [-0.25, -0.2) is 18.6 Å². The number of amides is 1. The number of hydrogen-bond donors (Lipinski definition) is 2. The lowest BCUT2D eigenvalue weighted by atomic mass is 9.90. The lowest BCUT2D eigenvalue weighted by Gasteiger charge is -2.38. The number of para-hydroxylation sites is 2. The van der Waals surface area contributed by atoms with E-state index in [0.717, 1.165) is 45.1 Å². The first-order valence-electron chi connectivity index (χ1n) is 13.7. The first kappa shape index (κ1) is 25.7. The number of hydrogen-bond acceptors (Lipinski definition) is 7. The van der Waals surface area contributed by atoms with Gasteiger partial charge in [-0.1, -0.05) is 12.1 Å². The topological polar surface area (TPSA) is 109 Å². The largest absolute Gasteiger partial charge is 0.465 e. The zero-order valence-electron chi connectivity index (χ0n) is 21.7. The number of anilines is 2. The van der Waals surface area contributed by atoms with Crippen molar-refractivity contribution in [3.63, 3.8) is 0 Å². The second-order valence-electron chi connectivity index (χ2n) is 10.6. The van der Waals surface area contributed by atoms with E-state index in [4.69, 9.17) is 19.8 Å². The van der Waals surface area contributed by atoms with E-state index in [9.17, 15) is 13.6 Å². The molecule has 3 heterocycles. The number of halogens is 2. The van der Waals surface area contributed by atoms with Crippen LogP contribution in [0.25, 0.3) is 16.9 Å². The minimum Gasteiger partial charge on any atom is -0.465 e. The number of aromatic nitrogens is 4. The van der Waals surface area contributed by atoms with Gasteiger partial charge in [-0.3, -0.25) is 4.57 Å². The molecule has 0 spiro atoms. The van der Waals surface area contributed by atoms with Crippen LogP contribution in [-0.4, -0.2) is 75.7 Å². The predicted molar refractivity (Wildman–Crippen MR) is 142 cm³/mol. The normalized spacial score (nSPS) is 21.9. The van der Waals surface area contributed by atoms with Crippen molar-refractivity contribution in [2.45, 2.75) is 57.0 Å². The first-order chi connectivity index (χ1) is 19.0. The van der Waals surface area contributed by atoms with Crippen LogP contribution < -0.4 is 15.1 Å². The number of carboxylic acid groups (broad SMARTS) is 1. The maximum absolute atomic E-state index is 14.3. The van der Waals surface area contributed by atoms with Crippen LogP contribution in [0.1, 0.15) is 50.8 Å². The minimum absolute atomic E-state index is 0.0580. The summed E-state index contributed by atoms with van der Waals surface area (Å²) in [5.74, 6) is 1.79. The summed E-state index contributed by atoms with van der Waals surface area (Å²) < 4.78 is 35.5. The van der Waals surface area contributed by atoms with Crippen molar-refractivity contribution in [2.75, 3.05) is 42.6 Å². The van der Waals surface area contributed by atoms with Crippen LogP contribution in [0.4, 0.5) is 25.3 Å². The summed E-state index contributed by atoms with van der Waals surface area (Å²) in [5.41, 5.74) is 1.05. The second kappa shape index (κ2) is 10.9. The summed E-state index contributed by atoms with van der Waals surface area (Å²) in [4.78, 5) is 29.5. The van der Waals surface area contributed by atoms with E-state index in [1.165, 1.54) is 4.57 Å². The number of carbonyl (C=O) groups is 1. The number of alkyl halides is 2. The van der Waals surface area contributed by atoms with Crippen molar-refractivity contribution in [3.8, 4) is 5.82 Å². The van der Waals surface area contributed by atoms with Crippen LogP contribution >= 0.6 is 0 Å². The second-order valence-corrected chi connectivity index (χ2v) is 10.6. The lowest BCUT2D eigenvalue weighted by Crippen LogP contribution is -2.45. The van der Waals surface area contributed by atoms with Gasteiger partial charge < -0.3 is 25.0 Å². The fourth-order valence-electron chi connectivity index (χ4n) is 5.72. The molecular formula is C27H33F2N7O3. The van der Waals surface area contributed by atoms with Crippen molar-refractivity contribution < 1.29 is 23.4 Å². The maximum atomic E-state index is 14.3. The molecule has 1 amide bonds. The molecule has 2 aromatic heterocycles. The zero-order valence-corrected chi connectivity index (χ0v) is 21.7. The standard InChI is InChI=1S/C27H33F2N7O3/c28-24(29)25-31-20-3-1-2-4-21(20)36(25)23-15-22(32-26(33-23)34-11-13-39-14-12-34)35(16-17-5-6-17)19-9-7-18(8-10-19)30-27(37)38/h1-4,15,17-19,24,30H,5-14,16H2,(H,37,38). The van der Waals surface area contributed by atoms with E-state index < -0.39 is 12.5 Å². The number of imidazole rings is 1. The average molecular weight is 542 g/mol. The monoisotopic (exact) mass is 541 g/mol. The van der Waals surface area contributed by atoms with Crippen LogP contribution in [0.15, 0.2) is 30.3 Å². The summed E-state index contributed by atoms with van der Waals surface area (Å²) >= 11 is 0. The highest BCUT2D eigenvalue weighted by molar-refractivity contribution is 5.78. The minimum atomic E-state index is -2.78. The third-order valence-corrected chi connectivity index (χ3v) is 7.90. The van der Waals surface area contributed by atoms with E-state index >= 15 is 0 Å². The van der Waals surface area contributed by atoms with E-state index in [-0.39, 0.29) is 17.9 Å². The van der Waals surface area contributed by atoms with Gasteiger partial charge in [0.25, 0.3) is 6.43 Å². The first-order valence-corrected chi connectivity index (χ1v) is 13.7. The third kappa shape index (κ3) is 5.61. The third-order valence-electron chi connectivity index (χ3n) is 7.90. The SMILES string of the molecule is O=C(O)NC1CCC(N(CC2CC2)c2cc(-n3c(C(F)F)nc4ccccc43)nc(N3CCOCC3)n2)CC1. The molecule has 208 valence electrons. The number of morpholine rings is 1. The highest BCUT2D eigenvalue weighted by Gasteiger charge is 2.33. The van der Waals surface area contributed by atoms with Gasteiger partial charge in [0.2, 0.25) is 5.95 Å². The Morgan fingerprint density at radius 3 is 2.51 bits per heavy atom. The molecule has 39 heavy (non-hydrogen) atoms. The molecule has 0 bridgehead atoms. The Kier molecular flexibility index (Phi) is 7.20. The number of benzene rings is 1. The number of nitrogens with one attached hydrogen (secondary N) is 1. The van der Waals surface area contributed by atoms with Crippen LogP contribution in [0.2, 0.25) is 0 Å². The van der Waals surface area contributed by atoms with Crippen molar-refractivity contribution >= 4 is 28.9 Å². The Morgan fingerprint density at radius 2 is 1.82 bits per heavy atom. The molecule has 0 unspecified atom stereocenters. The molecule has 10 nitrogen and oxygen atoms in total. The fourth-order valence-corrected chi connectivity index (χ4v) is 5.72. The Morgan fingerprint density at radius 1 is 1.08 bits per heavy atom. The number of rotatable bonds is 8. The molecule has 0 radical (unpaired) electrons. The molecule has 1 aromatic carbocycles. The van der Waals surface area contributed by atoms with E-state index in [1.807, 2.05) is 17.0 Å². The molecule has 6 rings (SSSR count). The smallest absolute Gasteiger partial charge is 0.404 e. The van der Waals surface area contributed by atoms with Crippen molar-refractivity contribution in [1.29, 1.82) is 0 Å². The highest BCUT2D eigenvalue weighted by Crippen LogP contribution is 2.36. The molecule has 2 saturated carbocycles. The quantitative estimate of drug-likeness (QED) is 0.433. The van der Waals surface area contributed by atoms with Gasteiger partial charge in [0.15, 0.2) is 5.82 Å². The Labute approximate surface area is 225 Å². The van der Waals surface area contributed by atoms with Crippen molar-refractivity contribution in [1.82, 2.24) is 24.8 Å². The van der Waals surface area contributed by atoms with Crippen LogP contribution in [0, 0.1) is 5.92 Å². The van der Waals surface area contributed by atoms with Gasteiger partial charge in [0, 0.05) is 37.8 Å². The Bertz CT molecular complexity index is 1320. The molecule has 12 heteroatoms. The zero-order chi connectivity index (χ0) is 26.9. The number of ether oxygens (including phenoxy) is 1. The highest BCUT2D eigenvalue weighted by atomic mass is 19.3. The summed E-state index contributed by atoms with van der Waals surface area (Å²) in [5, 5.41) is 11.8. The molecular weight excluding hydrogens is 508 g/mol.